The summed E-state index contributed by atoms with van der Waals surface area (Å²) >= 11 is 3.32. The molecule has 0 atom stereocenters. The Hall–Kier alpha value is -2.70. The van der Waals surface area contributed by atoms with Gasteiger partial charge in [-0.1, -0.05) is 56.4 Å². The highest BCUT2D eigenvalue weighted by molar-refractivity contribution is 7.99. The maximum absolute atomic E-state index is 13.7. The number of carbonyl (C=O) groups is 1. The van der Waals surface area contributed by atoms with Gasteiger partial charge < -0.3 is 0 Å². The van der Waals surface area contributed by atoms with Gasteiger partial charge in [0.2, 0.25) is 0 Å². The molecule has 4 rings (SSSR count). The van der Waals surface area contributed by atoms with Gasteiger partial charge in [0.1, 0.15) is 0 Å². The largest absolute Gasteiger partial charge is 0.279 e. The smallest absolute Gasteiger partial charge is 0.260 e. The fourth-order valence-electron chi connectivity index (χ4n) is 3.43. The van der Waals surface area contributed by atoms with Crippen molar-refractivity contribution in [2.45, 2.75) is 43.9 Å². The van der Waals surface area contributed by atoms with Crippen LogP contribution < -0.4 is 4.90 Å². The lowest BCUT2D eigenvalue weighted by molar-refractivity contribution is 0.0985. The van der Waals surface area contributed by atoms with Crippen LogP contribution in [-0.4, -0.2) is 21.1 Å². The molecule has 0 bridgehead atoms. The molecule has 0 spiro atoms. The minimum absolute atomic E-state index is 0.0489. The van der Waals surface area contributed by atoms with Gasteiger partial charge in [-0.05, 0) is 47.9 Å². The molecule has 0 aliphatic rings. The van der Waals surface area contributed by atoms with Crippen molar-refractivity contribution in [3.63, 3.8) is 0 Å². The van der Waals surface area contributed by atoms with E-state index in [4.69, 9.17) is 4.98 Å². The van der Waals surface area contributed by atoms with Crippen LogP contribution in [0.2, 0.25) is 0 Å². The highest BCUT2D eigenvalue weighted by Gasteiger charge is 2.23. The number of aryl methyl sites for hydroxylation is 1. The van der Waals surface area contributed by atoms with E-state index in [0.717, 1.165) is 27.1 Å². The van der Waals surface area contributed by atoms with Gasteiger partial charge in [-0.2, -0.15) is 0 Å². The number of hydrogen-bond acceptors (Lipinski definition) is 5. The van der Waals surface area contributed by atoms with Gasteiger partial charge in [-0.15, -0.1) is 11.8 Å². The summed E-state index contributed by atoms with van der Waals surface area (Å²) in [4.78, 5) is 25.7. The molecule has 158 valence electrons. The Balaban J connectivity index is 1.75. The summed E-state index contributed by atoms with van der Waals surface area (Å²) in [6.07, 6.45) is 4.45. The van der Waals surface area contributed by atoms with Crippen molar-refractivity contribution in [3.05, 3.63) is 83.7 Å². The predicted molar refractivity (Wildman–Crippen MR) is 131 cm³/mol. The minimum atomic E-state index is -0.0489. The van der Waals surface area contributed by atoms with Crippen LogP contribution in [0.1, 0.15) is 42.3 Å². The number of hydrogen-bond donors (Lipinski definition) is 0. The molecule has 2 aromatic heterocycles. The average Bonchev–Trinajstić information content (AvgIpc) is 3.21. The SMILES string of the molecule is CCc1cccc2sc(N(Cc3cccnc3)C(=O)c3cccc(SC(C)C)c3)nc12. The number of thioether (sulfide) groups is 1. The number of amides is 1. The molecule has 2 heterocycles. The van der Waals surface area contributed by atoms with Crippen LogP contribution in [0.3, 0.4) is 0 Å². The number of pyridine rings is 1. The van der Waals surface area contributed by atoms with E-state index < -0.39 is 0 Å². The van der Waals surface area contributed by atoms with Crippen molar-refractivity contribution in [1.29, 1.82) is 0 Å². The first-order valence-electron chi connectivity index (χ1n) is 10.4. The van der Waals surface area contributed by atoms with Crippen molar-refractivity contribution >= 4 is 44.4 Å². The maximum atomic E-state index is 13.7. The van der Waals surface area contributed by atoms with Gasteiger partial charge in [0, 0.05) is 28.1 Å². The van der Waals surface area contributed by atoms with Crippen molar-refractivity contribution in [2.24, 2.45) is 0 Å². The van der Waals surface area contributed by atoms with Crippen LogP contribution in [0.25, 0.3) is 10.2 Å². The molecule has 0 radical (unpaired) electrons. The molecule has 31 heavy (non-hydrogen) atoms. The van der Waals surface area contributed by atoms with E-state index in [9.17, 15) is 4.79 Å². The molecule has 1 amide bonds. The second-order valence-electron chi connectivity index (χ2n) is 7.56. The number of benzene rings is 2. The summed E-state index contributed by atoms with van der Waals surface area (Å²) in [6, 6.07) is 18.0. The molecule has 6 heteroatoms. The van der Waals surface area contributed by atoms with Gasteiger partial charge in [0.05, 0.1) is 16.8 Å². The third-order valence-electron chi connectivity index (χ3n) is 4.86. The fourth-order valence-corrected chi connectivity index (χ4v) is 5.33. The first-order valence-corrected chi connectivity index (χ1v) is 12.1. The molecular weight excluding hydrogens is 422 g/mol. The Labute approximate surface area is 191 Å². The first-order chi connectivity index (χ1) is 15.0. The average molecular weight is 448 g/mol. The number of rotatable bonds is 7. The Bertz CT molecular complexity index is 1190. The standard InChI is InChI=1S/C25H25N3OS2/c1-4-19-9-6-12-22-23(19)27-25(31-22)28(16-18-8-7-13-26-15-18)24(29)20-10-5-11-21(14-20)30-17(2)3/h5-15,17H,4,16H2,1-3H3. The van der Waals surface area contributed by atoms with Gasteiger partial charge in [0.25, 0.3) is 5.91 Å². The van der Waals surface area contributed by atoms with Gasteiger partial charge in [-0.3, -0.25) is 14.7 Å². The molecule has 4 aromatic rings. The number of fused-ring (bicyclic) bond motifs is 1. The summed E-state index contributed by atoms with van der Waals surface area (Å²) < 4.78 is 1.10. The van der Waals surface area contributed by atoms with Crippen molar-refractivity contribution in [3.8, 4) is 0 Å². The van der Waals surface area contributed by atoms with E-state index in [2.05, 4.69) is 50.0 Å². The summed E-state index contributed by atoms with van der Waals surface area (Å²) in [6.45, 7) is 6.86. The van der Waals surface area contributed by atoms with Crippen LogP contribution in [0.15, 0.2) is 71.9 Å². The van der Waals surface area contributed by atoms with E-state index >= 15 is 0 Å². The Kier molecular flexibility index (Phi) is 6.68. The zero-order chi connectivity index (χ0) is 21.8. The summed E-state index contributed by atoms with van der Waals surface area (Å²) in [5, 5.41) is 1.17. The summed E-state index contributed by atoms with van der Waals surface area (Å²) in [5.74, 6) is -0.0489. The first kappa shape index (κ1) is 21.5. The van der Waals surface area contributed by atoms with E-state index in [-0.39, 0.29) is 5.91 Å². The molecule has 0 aliphatic carbocycles. The predicted octanol–water partition coefficient (Wildman–Crippen LogP) is 6.60. The van der Waals surface area contributed by atoms with Crippen LogP contribution in [-0.2, 0) is 13.0 Å². The van der Waals surface area contributed by atoms with Crippen LogP contribution in [0.5, 0.6) is 0 Å². The lowest BCUT2D eigenvalue weighted by Gasteiger charge is -2.20. The monoisotopic (exact) mass is 447 g/mol. The second-order valence-corrected chi connectivity index (χ2v) is 10.2. The zero-order valence-electron chi connectivity index (χ0n) is 17.9. The number of thiazole rings is 1. The lowest BCUT2D eigenvalue weighted by Crippen LogP contribution is -2.30. The van der Waals surface area contributed by atoms with Gasteiger partial charge in [0.15, 0.2) is 5.13 Å². The van der Waals surface area contributed by atoms with Gasteiger partial charge in [-0.25, -0.2) is 4.98 Å². The van der Waals surface area contributed by atoms with Crippen LogP contribution >= 0.6 is 23.1 Å². The Morgan fingerprint density at radius 3 is 2.71 bits per heavy atom. The van der Waals surface area contributed by atoms with E-state index in [1.807, 2.05) is 30.3 Å². The molecule has 0 saturated heterocycles. The van der Waals surface area contributed by atoms with Crippen molar-refractivity contribution < 1.29 is 4.79 Å². The molecule has 0 N–H and O–H groups in total. The zero-order valence-corrected chi connectivity index (χ0v) is 19.5. The highest BCUT2D eigenvalue weighted by atomic mass is 32.2. The number of nitrogens with zero attached hydrogens (tertiary/aromatic N) is 3. The van der Waals surface area contributed by atoms with Crippen molar-refractivity contribution in [1.82, 2.24) is 9.97 Å². The fraction of sp³-hybridized carbons (Fsp3) is 0.240. The topological polar surface area (TPSA) is 46.1 Å². The maximum Gasteiger partial charge on any atom is 0.260 e. The number of carbonyl (C=O) groups excluding carboxylic acids is 1. The molecule has 4 nitrogen and oxygen atoms in total. The lowest BCUT2D eigenvalue weighted by atomic mass is 10.1. The molecule has 0 saturated carbocycles. The van der Waals surface area contributed by atoms with E-state index in [1.54, 1.807) is 40.4 Å². The molecular formula is C25H25N3OS2. The van der Waals surface area contributed by atoms with E-state index in [0.29, 0.717) is 22.5 Å². The summed E-state index contributed by atoms with van der Waals surface area (Å²) in [7, 11) is 0. The highest BCUT2D eigenvalue weighted by Crippen LogP contribution is 2.33. The Morgan fingerprint density at radius 2 is 1.97 bits per heavy atom. The minimum Gasteiger partial charge on any atom is -0.279 e. The summed E-state index contributed by atoms with van der Waals surface area (Å²) in [5.41, 5.74) is 3.82. The number of aromatic nitrogens is 2. The third-order valence-corrected chi connectivity index (χ3v) is 6.91. The number of para-hydroxylation sites is 1. The molecule has 0 aliphatic heterocycles. The van der Waals surface area contributed by atoms with E-state index in [1.165, 1.54) is 5.56 Å². The van der Waals surface area contributed by atoms with Gasteiger partial charge >= 0.3 is 0 Å². The molecule has 2 aromatic carbocycles. The van der Waals surface area contributed by atoms with Crippen LogP contribution in [0, 0.1) is 0 Å². The Morgan fingerprint density at radius 1 is 1.13 bits per heavy atom. The van der Waals surface area contributed by atoms with Crippen molar-refractivity contribution in [2.75, 3.05) is 4.90 Å². The number of anilines is 1. The molecule has 0 unspecified atom stereocenters. The third kappa shape index (κ3) is 4.97. The normalized spacial score (nSPS) is 11.2. The second kappa shape index (κ2) is 9.62. The quantitative estimate of drug-likeness (QED) is 0.299. The van der Waals surface area contributed by atoms with Crippen LogP contribution in [0.4, 0.5) is 5.13 Å². The molecule has 0 fully saturated rings.